The Kier molecular flexibility index (Phi) is 2.34. The number of rotatable bonds is 2. The van der Waals surface area contributed by atoms with Gasteiger partial charge in [0.25, 0.3) is 11.7 Å². The van der Waals surface area contributed by atoms with Gasteiger partial charge in [-0.15, -0.1) is 0 Å². The van der Waals surface area contributed by atoms with Gasteiger partial charge in [-0.25, -0.2) is 14.2 Å². The van der Waals surface area contributed by atoms with Crippen molar-refractivity contribution < 1.29 is 13.6 Å². The SMILES string of the molecule is CN1C=CC(C(=O)Cl)(C(F)F)N1. The van der Waals surface area contributed by atoms with E-state index < -0.39 is 17.2 Å². The number of hydrogen-bond donors (Lipinski definition) is 1. The van der Waals surface area contributed by atoms with Crippen molar-refractivity contribution in [2.75, 3.05) is 7.05 Å². The Bertz CT molecular complexity index is 234. The molecule has 0 spiro atoms. The molecule has 1 aliphatic heterocycles. The van der Waals surface area contributed by atoms with Crippen LogP contribution in [0, 0.1) is 0 Å². The summed E-state index contributed by atoms with van der Waals surface area (Å²) in [6.07, 6.45) is -0.483. The Morgan fingerprint density at radius 3 is 2.50 bits per heavy atom. The summed E-state index contributed by atoms with van der Waals surface area (Å²) in [7, 11) is 1.50. The Balaban J connectivity index is 2.91. The van der Waals surface area contributed by atoms with Gasteiger partial charge in [-0.2, -0.15) is 0 Å². The minimum Gasteiger partial charge on any atom is -0.318 e. The summed E-state index contributed by atoms with van der Waals surface area (Å²) in [6.45, 7) is 0. The van der Waals surface area contributed by atoms with Crippen LogP contribution in [0.4, 0.5) is 8.78 Å². The zero-order valence-electron chi connectivity index (χ0n) is 6.22. The molecule has 0 bridgehead atoms. The van der Waals surface area contributed by atoms with Gasteiger partial charge in [0.15, 0.2) is 5.54 Å². The van der Waals surface area contributed by atoms with E-state index in [0.717, 1.165) is 6.08 Å². The van der Waals surface area contributed by atoms with E-state index in [1.807, 2.05) is 0 Å². The number of hydrogen-bond acceptors (Lipinski definition) is 3. The third-order valence-corrected chi connectivity index (χ3v) is 1.90. The van der Waals surface area contributed by atoms with E-state index in [-0.39, 0.29) is 0 Å². The Hall–Kier alpha value is -0.680. The summed E-state index contributed by atoms with van der Waals surface area (Å²) >= 11 is 5.04. The molecule has 0 aliphatic carbocycles. The maximum absolute atomic E-state index is 12.4. The molecular formula is C6H7ClF2N2O. The molecule has 0 amide bonds. The fourth-order valence-corrected chi connectivity index (χ4v) is 1.10. The fourth-order valence-electron chi connectivity index (χ4n) is 0.913. The minimum absolute atomic E-state index is 1.05. The molecule has 1 unspecified atom stereocenters. The van der Waals surface area contributed by atoms with Gasteiger partial charge < -0.3 is 5.01 Å². The van der Waals surface area contributed by atoms with Crippen LogP contribution >= 0.6 is 11.6 Å². The maximum atomic E-state index is 12.4. The van der Waals surface area contributed by atoms with Crippen LogP contribution in [0.15, 0.2) is 12.3 Å². The van der Waals surface area contributed by atoms with Gasteiger partial charge in [0.2, 0.25) is 0 Å². The highest BCUT2D eigenvalue weighted by molar-refractivity contribution is 6.66. The maximum Gasteiger partial charge on any atom is 0.270 e. The molecule has 0 aromatic heterocycles. The Labute approximate surface area is 72.9 Å². The van der Waals surface area contributed by atoms with E-state index in [0.29, 0.717) is 0 Å². The Morgan fingerprint density at radius 2 is 2.33 bits per heavy atom. The highest BCUT2D eigenvalue weighted by Gasteiger charge is 2.47. The predicted molar refractivity (Wildman–Crippen MR) is 39.6 cm³/mol. The average Bonchev–Trinajstić information content (AvgIpc) is 2.32. The first-order valence-corrected chi connectivity index (χ1v) is 3.55. The third kappa shape index (κ3) is 1.30. The predicted octanol–water partition coefficient (Wildman–Crippen LogP) is 0.719. The van der Waals surface area contributed by atoms with Crippen LogP contribution in [0.25, 0.3) is 0 Å². The Morgan fingerprint density at radius 1 is 1.75 bits per heavy atom. The van der Waals surface area contributed by atoms with Gasteiger partial charge >= 0.3 is 0 Å². The molecule has 0 saturated carbocycles. The summed E-state index contributed by atoms with van der Waals surface area (Å²) in [5.41, 5.74) is 0.212. The molecule has 0 saturated heterocycles. The smallest absolute Gasteiger partial charge is 0.270 e. The van der Waals surface area contributed by atoms with Gasteiger partial charge in [0, 0.05) is 13.2 Å². The largest absolute Gasteiger partial charge is 0.318 e. The van der Waals surface area contributed by atoms with Crippen molar-refractivity contribution in [1.29, 1.82) is 0 Å². The molecule has 1 aliphatic rings. The van der Waals surface area contributed by atoms with Crippen LogP contribution in [0.1, 0.15) is 0 Å². The first kappa shape index (κ1) is 9.41. The summed E-state index contributed by atoms with van der Waals surface area (Å²) in [4.78, 5) is 10.7. The molecule has 0 aromatic rings. The summed E-state index contributed by atoms with van der Waals surface area (Å²) in [6, 6.07) is 0. The minimum atomic E-state index is -2.86. The fraction of sp³-hybridized carbons (Fsp3) is 0.500. The second-order valence-corrected chi connectivity index (χ2v) is 2.83. The molecule has 1 heterocycles. The molecule has 0 radical (unpaired) electrons. The number of hydrazine groups is 1. The van der Waals surface area contributed by atoms with Gasteiger partial charge in [-0.05, 0) is 17.7 Å². The van der Waals surface area contributed by atoms with Crippen LogP contribution in [0.5, 0.6) is 0 Å². The number of alkyl halides is 2. The van der Waals surface area contributed by atoms with Crippen molar-refractivity contribution in [3.05, 3.63) is 12.3 Å². The molecule has 1 N–H and O–H groups in total. The highest BCUT2D eigenvalue weighted by atomic mass is 35.5. The van der Waals surface area contributed by atoms with Crippen LogP contribution in [0.3, 0.4) is 0 Å². The molecule has 0 fully saturated rings. The van der Waals surface area contributed by atoms with Gasteiger partial charge in [0.05, 0.1) is 0 Å². The second-order valence-electron chi connectivity index (χ2n) is 2.48. The topological polar surface area (TPSA) is 32.3 Å². The summed E-state index contributed by atoms with van der Waals surface area (Å²) in [5.74, 6) is 0. The quantitative estimate of drug-likeness (QED) is 0.661. The number of carbonyl (C=O) groups is 1. The molecule has 6 heteroatoms. The first-order valence-electron chi connectivity index (χ1n) is 3.17. The lowest BCUT2D eigenvalue weighted by molar-refractivity contribution is -0.122. The summed E-state index contributed by atoms with van der Waals surface area (Å²) in [5, 5.41) is 0.144. The lowest BCUT2D eigenvalue weighted by Crippen LogP contribution is -2.54. The molecule has 0 aromatic carbocycles. The van der Waals surface area contributed by atoms with E-state index in [2.05, 4.69) is 5.43 Å². The number of nitrogens with zero attached hydrogens (tertiary/aromatic N) is 1. The number of halogens is 3. The van der Waals surface area contributed by atoms with Gasteiger partial charge in [-0.3, -0.25) is 4.79 Å². The normalized spacial score (nSPS) is 28.6. The monoisotopic (exact) mass is 196 g/mol. The second kappa shape index (κ2) is 2.99. The van der Waals surface area contributed by atoms with E-state index in [1.165, 1.54) is 18.3 Å². The number of carbonyl (C=O) groups excluding carboxylic acids is 1. The van der Waals surface area contributed by atoms with Crippen LogP contribution in [-0.2, 0) is 4.79 Å². The van der Waals surface area contributed by atoms with Gasteiger partial charge in [0.1, 0.15) is 0 Å². The van der Waals surface area contributed by atoms with Crippen molar-refractivity contribution in [2.45, 2.75) is 12.0 Å². The molecule has 1 atom stereocenters. The van der Waals surface area contributed by atoms with Crippen LogP contribution in [-0.4, -0.2) is 29.3 Å². The van der Waals surface area contributed by atoms with Crippen molar-refractivity contribution in [2.24, 2.45) is 0 Å². The van der Waals surface area contributed by atoms with E-state index in [9.17, 15) is 13.6 Å². The molecule has 12 heavy (non-hydrogen) atoms. The summed E-state index contributed by atoms with van der Waals surface area (Å²) < 4.78 is 24.7. The van der Waals surface area contributed by atoms with E-state index >= 15 is 0 Å². The van der Waals surface area contributed by atoms with E-state index in [4.69, 9.17) is 11.6 Å². The first-order chi connectivity index (χ1) is 5.49. The third-order valence-electron chi connectivity index (χ3n) is 1.59. The zero-order chi connectivity index (χ0) is 9.35. The number of nitrogens with one attached hydrogen (secondary N) is 1. The van der Waals surface area contributed by atoms with Crippen molar-refractivity contribution in [3.8, 4) is 0 Å². The standard InChI is InChI=1S/C6H7ClF2N2O/c1-11-3-2-6(10-11,4(7)12)5(8)9/h2-3,5,10H,1H3. The lowest BCUT2D eigenvalue weighted by atomic mass is 10.1. The molecule has 68 valence electrons. The van der Waals surface area contributed by atoms with Crippen LogP contribution < -0.4 is 5.43 Å². The van der Waals surface area contributed by atoms with Crippen molar-refractivity contribution >= 4 is 16.8 Å². The average molecular weight is 197 g/mol. The zero-order valence-corrected chi connectivity index (χ0v) is 6.98. The van der Waals surface area contributed by atoms with E-state index in [1.54, 1.807) is 0 Å². The van der Waals surface area contributed by atoms with Crippen LogP contribution in [0.2, 0.25) is 0 Å². The molecular weight excluding hydrogens is 190 g/mol. The molecule has 1 rings (SSSR count). The highest BCUT2D eigenvalue weighted by Crippen LogP contribution is 2.25. The van der Waals surface area contributed by atoms with Crippen molar-refractivity contribution in [3.63, 3.8) is 0 Å². The molecule has 3 nitrogen and oxygen atoms in total. The van der Waals surface area contributed by atoms with Gasteiger partial charge in [-0.1, -0.05) is 0 Å². The lowest BCUT2D eigenvalue weighted by Gasteiger charge is -2.24. The van der Waals surface area contributed by atoms with Crippen molar-refractivity contribution in [1.82, 2.24) is 10.4 Å².